The van der Waals surface area contributed by atoms with Crippen LogP contribution in [-0.2, 0) is 0 Å². The molecule has 0 spiro atoms. The van der Waals surface area contributed by atoms with Crippen LogP contribution in [0.1, 0.15) is 31.1 Å². The molecule has 0 atom stereocenters. The number of methoxy groups -OCH3 is 2. The molecule has 0 bridgehead atoms. The summed E-state index contributed by atoms with van der Waals surface area (Å²) in [6, 6.07) is 5.33. The lowest BCUT2D eigenvalue weighted by Crippen LogP contribution is -2.34. The lowest BCUT2D eigenvalue weighted by molar-refractivity contribution is 0.0738. The number of amides is 1. The normalized spacial score (nSPS) is 11.1. The smallest absolute Gasteiger partial charge is 0.261 e. The van der Waals surface area contributed by atoms with Crippen molar-refractivity contribution >= 4 is 5.91 Å². The standard InChI is InChI=1S/C15H23NO3/c1-15(2,3)10-16(4)14(17)13-11(18-5)8-7-9-12(13)19-6/h7-9H,10H2,1-6H3. The van der Waals surface area contributed by atoms with Crippen molar-refractivity contribution in [2.75, 3.05) is 27.8 Å². The Bertz CT molecular complexity index is 427. The maximum atomic E-state index is 12.5. The van der Waals surface area contributed by atoms with Gasteiger partial charge in [-0.2, -0.15) is 0 Å². The van der Waals surface area contributed by atoms with E-state index < -0.39 is 0 Å². The van der Waals surface area contributed by atoms with Gasteiger partial charge in [0.2, 0.25) is 0 Å². The molecule has 0 aliphatic rings. The second kappa shape index (κ2) is 5.95. The van der Waals surface area contributed by atoms with Crippen LogP contribution in [0.4, 0.5) is 0 Å². The van der Waals surface area contributed by atoms with Crippen LogP contribution in [0, 0.1) is 5.41 Å². The summed E-state index contributed by atoms with van der Waals surface area (Å²) in [5, 5.41) is 0. The number of hydrogen-bond acceptors (Lipinski definition) is 3. The molecule has 0 saturated carbocycles. The van der Waals surface area contributed by atoms with Crippen molar-refractivity contribution < 1.29 is 14.3 Å². The van der Waals surface area contributed by atoms with Gasteiger partial charge in [0.05, 0.1) is 14.2 Å². The largest absolute Gasteiger partial charge is 0.496 e. The molecule has 0 aliphatic heterocycles. The number of rotatable bonds is 4. The highest BCUT2D eigenvalue weighted by Gasteiger charge is 2.24. The first-order valence-electron chi connectivity index (χ1n) is 6.26. The Morgan fingerprint density at radius 1 is 1.16 bits per heavy atom. The van der Waals surface area contributed by atoms with Gasteiger partial charge in [0.25, 0.3) is 5.91 Å². The molecule has 0 saturated heterocycles. The maximum absolute atomic E-state index is 12.5. The van der Waals surface area contributed by atoms with Crippen LogP contribution in [0.3, 0.4) is 0 Å². The second-order valence-electron chi connectivity index (χ2n) is 5.76. The summed E-state index contributed by atoms with van der Waals surface area (Å²) in [6.07, 6.45) is 0. The molecule has 106 valence electrons. The Morgan fingerprint density at radius 2 is 1.63 bits per heavy atom. The lowest BCUT2D eigenvalue weighted by Gasteiger charge is -2.27. The molecule has 4 heteroatoms. The van der Waals surface area contributed by atoms with Crippen LogP contribution in [0.25, 0.3) is 0 Å². The Morgan fingerprint density at radius 3 is 2.00 bits per heavy atom. The van der Waals surface area contributed by atoms with Crippen LogP contribution in [0.2, 0.25) is 0 Å². The molecule has 0 unspecified atom stereocenters. The van der Waals surface area contributed by atoms with E-state index in [0.29, 0.717) is 23.6 Å². The van der Waals surface area contributed by atoms with Crippen molar-refractivity contribution in [3.8, 4) is 11.5 Å². The van der Waals surface area contributed by atoms with Crippen LogP contribution in [-0.4, -0.2) is 38.6 Å². The maximum Gasteiger partial charge on any atom is 0.261 e. The molecule has 0 N–H and O–H groups in total. The minimum absolute atomic E-state index is 0.0413. The van der Waals surface area contributed by atoms with Gasteiger partial charge in [0, 0.05) is 13.6 Å². The summed E-state index contributed by atoms with van der Waals surface area (Å²) in [7, 11) is 4.89. The topological polar surface area (TPSA) is 38.8 Å². The molecule has 0 aliphatic carbocycles. The van der Waals surface area contributed by atoms with Crippen molar-refractivity contribution in [2.45, 2.75) is 20.8 Å². The van der Waals surface area contributed by atoms with Crippen LogP contribution < -0.4 is 9.47 Å². The number of benzene rings is 1. The second-order valence-corrected chi connectivity index (χ2v) is 5.76. The molecule has 1 rings (SSSR count). The highest BCUT2D eigenvalue weighted by Crippen LogP contribution is 2.30. The van der Waals surface area contributed by atoms with Gasteiger partial charge < -0.3 is 14.4 Å². The lowest BCUT2D eigenvalue weighted by atomic mass is 9.96. The number of ether oxygens (including phenoxy) is 2. The summed E-state index contributed by atoms with van der Waals surface area (Å²) in [4.78, 5) is 14.2. The predicted molar refractivity (Wildman–Crippen MR) is 76.0 cm³/mol. The Hall–Kier alpha value is -1.71. The summed E-state index contributed by atoms with van der Waals surface area (Å²) in [6.45, 7) is 6.94. The van der Waals surface area contributed by atoms with E-state index in [9.17, 15) is 4.79 Å². The van der Waals surface area contributed by atoms with E-state index in [2.05, 4.69) is 20.8 Å². The van der Waals surface area contributed by atoms with E-state index in [1.165, 1.54) is 0 Å². The Balaban J connectivity index is 3.11. The highest BCUT2D eigenvalue weighted by molar-refractivity contribution is 5.99. The first kappa shape index (κ1) is 15.3. The number of nitrogens with zero attached hydrogens (tertiary/aromatic N) is 1. The van der Waals surface area contributed by atoms with Gasteiger partial charge in [-0.3, -0.25) is 4.79 Å². The Labute approximate surface area is 115 Å². The van der Waals surface area contributed by atoms with Gasteiger partial charge >= 0.3 is 0 Å². The number of hydrogen-bond donors (Lipinski definition) is 0. The van der Waals surface area contributed by atoms with Gasteiger partial charge in [-0.05, 0) is 17.5 Å². The molecule has 0 aromatic heterocycles. The van der Waals surface area contributed by atoms with Gasteiger partial charge in [0.15, 0.2) is 0 Å². The average Bonchev–Trinajstić information content (AvgIpc) is 2.34. The minimum Gasteiger partial charge on any atom is -0.496 e. The molecule has 1 amide bonds. The molecule has 19 heavy (non-hydrogen) atoms. The van der Waals surface area contributed by atoms with Crippen molar-refractivity contribution in [1.29, 1.82) is 0 Å². The van der Waals surface area contributed by atoms with Crippen LogP contribution >= 0.6 is 0 Å². The quantitative estimate of drug-likeness (QED) is 0.840. The summed E-state index contributed by atoms with van der Waals surface area (Å²) < 4.78 is 10.5. The summed E-state index contributed by atoms with van der Waals surface area (Å²) in [5.41, 5.74) is 0.513. The molecular formula is C15H23NO3. The molecule has 1 aromatic rings. The van der Waals surface area contributed by atoms with Crippen molar-refractivity contribution in [3.63, 3.8) is 0 Å². The molecular weight excluding hydrogens is 242 g/mol. The van der Waals surface area contributed by atoms with Gasteiger partial charge in [0.1, 0.15) is 17.1 Å². The van der Waals surface area contributed by atoms with E-state index in [4.69, 9.17) is 9.47 Å². The van der Waals surface area contributed by atoms with Crippen molar-refractivity contribution in [3.05, 3.63) is 23.8 Å². The van der Waals surface area contributed by atoms with Gasteiger partial charge in [-0.15, -0.1) is 0 Å². The molecule has 1 aromatic carbocycles. The number of carbonyl (C=O) groups excluding carboxylic acids is 1. The van der Waals surface area contributed by atoms with E-state index >= 15 is 0 Å². The fourth-order valence-corrected chi connectivity index (χ4v) is 2.04. The molecule has 0 fully saturated rings. The zero-order chi connectivity index (χ0) is 14.6. The zero-order valence-electron chi connectivity index (χ0n) is 12.6. The van der Waals surface area contributed by atoms with Crippen LogP contribution in [0.5, 0.6) is 11.5 Å². The fraction of sp³-hybridized carbons (Fsp3) is 0.533. The minimum atomic E-state index is -0.0933. The zero-order valence-corrected chi connectivity index (χ0v) is 12.6. The SMILES string of the molecule is COc1cccc(OC)c1C(=O)N(C)CC(C)(C)C. The first-order chi connectivity index (χ1) is 8.80. The van der Waals surface area contributed by atoms with E-state index in [0.717, 1.165) is 0 Å². The van der Waals surface area contributed by atoms with Crippen molar-refractivity contribution in [1.82, 2.24) is 4.90 Å². The summed E-state index contributed by atoms with van der Waals surface area (Å²) in [5.74, 6) is 0.972. The fourth-order valence-electron chi connectivity index (χ4n) is 2.04. The molecule has 0 radical (unpaired) electrons. The monoisotopic (exact) mass is 265 g/mol. The van der Waals surface area contributed by atoms with E-state index in [1.54, 1.807) is 44.4 Å². The average molecular weight is 265 g/mol. The van der Waals surface area contributed by atoms with E-state index in [1.807, 2.05) is 0 Å². The Kier molecular flexibility index (Phi) is 4.81. The predicted octanol–water partition coefficient (Wildman–Crippen LogP) is 2.82. The third kappa shape index (κ3) is 3.88. The number of carbonyl (C=O) groups is 1. The van der Waals surface area contributed by atoms with E-state index in [-0.39, 0.29) is 11.3 Å². The van der Waals surface area contributed by atoms with Crippen molar-refractivity contribution in [2.24, 2.45) is 5.41 Å². The highest BCUT2D eigenvalue weighted by atomic mass is 16.5. The first-order valence-corrected chi connectivity index (χ1v) is 6.26. The third-order valence-corrected chi connectivity index (χ3v) is 2.70. The summed E-state index contributed by atoms with van der Waals surface area (Å²) >= 11 is 0. The molecule has 0 heterocycles. The van der Waals surface area contributed by atoms with Gasteiger partial charge in [-0.25, -0.2) is 0 Å². The van der Waals surface area contributed by atoms with Gasteiger partial charge in [-0.1, -0.05) is 26.8 Å². The third-order valence-electron chi connectivity index (χ3n) is 2.70. The van der Waals surface area contributed by atoms with Crippen LogP contribution in [0.15, 0.2) is 18.2 Å². The molecule has 4 nitrogen and oxygen atoms in total.